The number of nitrogen functional groups attached to an aromatic ring is 1. The van der Waals surface area contributed by atoms with Gasteiger partial charge in [-0.1, -0.05) is 87.5 Å². The number of anilines is 1. The van der Waals surface area contributed by atoms with Gasteiger partial charge in [-0.3, -0.25) is 0 Å². The molecule has 4 rings (SSSR count). The summed E-state index contributed by atoms with van der Waals surface area (Å²) < 4.78 is 48.7. The number of nitrogens with two attached hydrogens (primary N) is 1. The Bertz CT molecular complexity index is 1210. The van der Waals surface area contributed by atoms with Gasteiger partial charge in [0.1, 0.15) is 0 Å². The molecule has 1 aliphatic heterocycles. The molecule has 202 valence electrons. The van der Waals surface area contributed by atoms with Crippen LogP contribution >= 0.6 is 0 Å². The van der Waals surface area contributed by atoms with Crippen molar-refractivity contribution in [2.75, 3.05) is 25.4 Å². The molecule has 2 amide bonds. The zero-order valence-electron chi connectivity index (χ0n) is 21.9. The maximum atomic E-state index is 13.9. The third-order valence-corrected chi connectivity index (χ3v) is 12.2. The molecule has 1 aliphatic rings. The molecule has 0 aliphatic carbocycles. The van der Waals surface area contributed by atoms with Gasteiger partial charge in [-0.25, -0.2) is 4.79 Å². The molecular formula is C29H34F3N3O2Si. The number of nitrogens with zero attached hydrogens (tertiary/aromatic N) is 1. The van der Waals surface area contributed by atoms with E-state index in [-0.39, 0.29) is 36.0 Å². The summed E-state index contributed by atoms with van der Waals surface area (Å²) in [5, 5.41) is 4.70. The molecule has 0 bridgehead atoms. The highest BCUT2D eigenvalue weighted by atomic mass is 28.4. The third-order valence-electron chi connectivity index (χ3n) is 7.14. The number of hydrogen-bond donors (Lipinski definition) is 2. The minimum absolute atomic E-state index is 0.0305. The smallest absolute Gasteiger partial charge is 0.406 e. The number of nitrogens with one attached hydrogen (secondary N) is 1. The minimum Gasteiger partial charge on any atom is -0.406 e. The monoisotopic (exact) mass is 541 g/mol. The van der Waals surface area contributed by atoms with Gasteiger partial charge >= 0.3 is 12.2 Å². The second-order valence-electron chi connectivity index (χ2n) is 10.6. The van der Waals surface area contributed by atoms with Gasteiger partial charge in [-0.15, -0.1) is 0 Å². The zero-order valence-corrected chi connectivity index (χ0v) is 22.9. The molecule has 3 N–H and O–H groups in total. The van der Waals surface area contributed by atoms with E-state index in [4.69, 9.17) is 10.2 Å². The van der Waals surface area contributed by atoms with Crippen molar-refractivity contribution in [3.05, 3.63) is 90.0 Å². The molecular weight excluding hydrogens is 507 g/mol. The molecule has 38 heavy (non-hydrogen) atoms. The molecule has 1 atom stereocenters. The van der Waals surface area contributed by atoms with Crippen molar-refractivity contribution >= 4 is 30.4 Å². The Morgan fingerprint density at radius 3 is 2.08 bits per heavy atom. The van der Waals surface area contributed by atoms with Gasteiger partial charge in [0, 0.05) is 18.8 Å². The highest BCUT2D eigenvalue weighted by Crippen LogP contribution is 2.40. The predicted molar refractivity (Wildman–Crippen MR) is 147 cm³/mol. The Labute approximate surface area is 222 Å². The van der Waals surface area contributed by atoms with Crippen molar-refractivity contribution in [3.8, 4) is 0 Å². The van der Waals surface area contributed by atoms with E-state index < -0.39 is 32.1 Å². The fourth-order valence-corrected chi connectivity index (χ4v) is 10.0. The van der Waals surface area contributed by atoms with Crippen LogP contribution in [0.3, 0.4) is 0 Å². The molecule has 1 unspecified atom stereocenters. The summed E-state index contributed by atoms with van der Waals surface area (Å²) >= 11 is 0. The lowest BCUT2D eigenvalue weighted by Gasteiger charge is -2.44. The first-order valence-electron chi connectivity index (χ1n) is 12.7. The average molecular weight is 542 g/mol. The minimum atomic E-state index is -4.59. The maximum Gasteiger partial charge on any atom is 0.416 e. The second kappa shape index (κ2) is 10.8. The zero-order chi connectivity index (χ0) is 27.6. The first-order valence-corrected chi connectivity index (χ1v) is 14.6. The van der Waals surface area contributed by atoms with Gasteiger partial charge in [0.15, 0.2) is 0 Å². The molecule has 3 aromatic rings. The van der Waals surface area contributed by atoms with Crippen LogP contribution in [0.5, 0.6) is 0 Å². The van der Waals surface area contributed by atoms with Crippen molar-refractivity contribution in [1.29, 1.82) is 0 Å². The quantitative estimate of drug-likeness (QED) is 0.314. The lowest BCUT2D eigenvalue weighted by Crippen LogP contribution is -2.67. The highest BCUT2D eigenvalue weighted by molar-refractivity contribution is 6.99. The molecule has 0 spiro atoms. The fourth-order valence-electron chi connectivity index (χ4n) is 5.46. The van der Waals surface area contributed by atoms with Crippen molar-refractivity contribution in [1.82, 2.24) is 10.2 Å². The summed E-state index contributed by atoms with van der Waals surface area (Å²) in [6, 6.07) is 22.8. The molecule has 0 aromatic heterocycles. The molecule has 0 radical (unpaired) electrons. The Morgan fingerprint density at radius 1 is 0.974 bits per heavy atom. The summed E-state index contributed by atoms with van der Waals surface area (Å²) in [7, 11) is -2.86. The topological polar surface area (TPSA) is 67.6 Å². The molecule has 3 aromatic carbocycles. The van der Waals surface area contributed by atoms with Crippen LogP contribution in [0.25, 0.3) is 0 Å². The summed E-state index contributed by atoms with van der Waals surface area (Å²) in [6.45, 7) is 7.06. The second-order valence-corrected chi connectivity index (χ2v) is 14.9. The summed E-state index contributed by atoms with van der Waals surface area (Å²) in [5.41, 5.74) is 4.96. The van der Waals surface area contributed by atoms with Crippen LogP contribution in [-0.4, -0.2) is 38.9 Å². The van der Waals surface area contributed by atoms with Crippen molar-refractivity contribution in [2.24, 2.45) is 0 Å². The van der Waals surface area contributed by atoms with E-state index in [1.807, 2.05) is 36.4 Å². The number of hydrogen-bond acceptors (Lipinski definition) is 3. The average Bonchev–Trinajstić information content (AvgIpc) is 2.87. The third kappa shape index (κ3) is 5.44. The SMILES string of the molecule is CC(C)(C)[Si](OCCN1C(=O)NCCC1c1ccc(N)cc1C(F)(F)F)(c1ccccc1)c1ccccc1. The Hall–Kier alpha value is -3.30. The predicted octanol–water partition coefficient (Wildman–Crippen LogP) is 5.32. The normalized spacial score (nSPS) is 16.8. The molecule has 1 saturated heterocycles. The van der Waals surface area contributed by atoms with Crippen LogP contribution in [0.1, 0.15) is 44.4 Å². The Balaban J connectivity index is 1.68. The lowest BCUT2D eigenvalue weighted by molar-refractivity contribution is -0.138. The molecule has 1 heterocycles. The van der Waals surface area contributed by atoms with Gasteiger partial charge in [-0.05, 0) is 39.5 Å². The van der Waals surface area contributed by atoms with E-state index in [1.54, 1.807) is 0 Å². The van der Waals surface area contributed by atoms with Crippen molar-refractivity contribution in [2.45, 2.75) is 44.4 Å². The molecule has 0 saturated carbocycles. The maximum absolute atomic E-state index is 13.9. The van der Waals surface area contributed by atoms with Gasteiger partial charge in [0.05, 0.1) is 18.2 Å². The fraction of sp³-hybridized carbons (Fsp3) is 0.345. The summed E-state index contributed by atoms with van der Waals surface area (Å²) in [6.07, 6.45) is -4.24. The highest BCUT2D eigenvalue weighted by Gasteiger charge is 2.50. The van der Waals surface area contributed by atoms with Gasteiger partial charge < -0.3 is 20.4 Å². The first-order chi connectivity index (χ1) is 17.9. The number of rotatable bonds is 7. The molecule has 9 heteroatoms. The van der Waals surface area contributed by atoms with Gasteiger partial charge in [-0.2, -0.15) is 13.2 Å². The number of amides is 2. The number of alkyl halides is 3. The number of benzene rings is 3. The van der Waals surface area contributed by atoms with E-state index in [1.165, 1.54) is 17.0 Å². The molecule has 5 nitrogen and oxygen atoms in total. The lowest BCUT2D eigenvalue weighted by atomic mass is 9.94. The first kappa shape index (κ1) is 27.7. The summed E-state index contributed by atoms with van der Waals surface area (Å²) in [5.74, 6) is 0. The van der Waals surface area contributed by atoms with Crippen molar-refractivity contribution < 1.29 is 22.4 Å². The van der Waals surface area contributed by atoms with E-state index in [0.717, 1.165) is 16.4 Å². The Morgan fingerprint density at radius 2 is 1.55 bits per heavy atom. The van der Waals surface area contributed by atoms with E-state index in [2.05, 4.69) is 50.4 Å². The van der Waals surface area contributed by atoms with Crippen molar-refractivity contribution in [3.63, 3.8) is 0 Å². The van der Waals surface area contributed by atoms with E-state index in [0.29, 0.717) is 6.42 Å². The van der Waals surface area contributed by atoms with Crippen LogP contribution in [0.15, 0.2) is 78.9 Å². The standard InChI is InChI=1S/C29H34F3N3O2Si/c1-28(2,3)38(22-10-6-4-7-11-22,23-12-8-5-9-13-23)37-19-18-35-26(16-17-34-27(35)36)24-15-14-21(33)20-25(24)29(30,31)32/h4-15,20,26H,16-19,33H2,1-3H3,(H,34,36). The number of halogens is 3. The van der Waals surface area contributed by atoms with Crippen LogP contribution in [0.4, 0.5) is 23.7 Å². The summed E-state index contributed by atoms with van der Waals surface area (Å²) in [4.78, 5) is 14.4. The van der Waals surface area contributed by atoms with Crippen LogP contribution < -0.4 is 21.4 Å². The number of urea groups is 1. The Kier molecular flexibility index (Phi) is 7.90. The van der Waals surface area contributed by atoms with Crippen LogP contribution in [-0.2, 0) is 10.6 Å². The largest absolute Gasteiger partial charge is 0.416 e. The van der Waals surface area contributed by atoms with E-state index >= 15 is 0 Å². The van der Waals surface area contributed by atoms with Crippen LogP contribution in [0, 0.1) is 0 Å². The molecule has 1 fully saturated rings. The van der Waals surface area contributed by atoms with Crippen LogP contribution in [0.2, 0.25) is 5.04 Å². The van der Waals surface area contributed by atoms with E-state index in [9.17, 15) is 18.0 Å². The van der Waals surface area contributed by atoms with Gasteiger partial charge in [0.25, 0.3) is 8.32 Å². The van der Waals surface area contributed by atoms with Gasteiger partial charge in [0.2, 0.25) is 0 Å². The number of carbonyl (C=O) groups excluding carboxylic acids is 1. The number of carbonyl (C=O) groups is 1.